The Morgan fingerprint density at radius 1 is 1.33 bits per heavy atom. The molecule has 0 aromatic heterocycles. The van der Waals surface area contributed by atoms with Crippen molar-refractivity contribution in [2.24, 2.45) is 5.92 Å². The van der Waals surface area contributed by atoms with Gasteiger partial charge in [0.2, 0.25) is 0 Å². The highest BCUT2D eigenvalue weighted by molar-refractivity contribution is 9.10. The third-order valence-corrected chi connectivity index (χ3v) is 5.99. The molecule has 1 aliphatic carbocycles. The van der Waals surface area contributed by atoms with Crippen molar-refractivity contribution in [3.63, 3.8) is 0 Å². The summed E-state index contributed by atoms with van der Waals surface area (Å²) in [7, 11) is 0. The number of rotatable bonds is 5. The molecule has 3 rings (SSSR count). The molecule has 1 N–H and O–H groups in total. The van der Waals surface area contributed by atoms with Gasteiger partial charge in [0, 0.05) is 35.7 Å². The van der Waals surface area contributed by atoms with Gasteiger partial charge >= 0.3 is 0 Å². The van der Waals surface area contributed by atoms with Gasteiger partial charge in [-0.15, -0.1) is 0 Å². The minimum Gasteiger partial charge on any atom is -0.308 e. The lowest BCUT2D eigenvalue weighted by Crippen LogP contribution is -2.63. The van der Waals surface area contributed by atoms with Crippen molar-refractivity contribution in [3.05, 3.63) is 34.3 Å². The average Bonchev–Trinajstić information content (AvgIpc) is 3.30. The molecule has 1 saturated heterocycles. The zero-order chi connectivity index (χ0) is 14.9. The van der Waals surface area contributed by atoms with Crippen LogP contribution in [0.5, 0.6) is 0 Å². The third-order valence-electron chi connectivity index (χ3n) is 5.22. The van der Waals surface area contributed by atoms with Crippen LogP contribution in [0.25, 0.3) is 0 Å². The second-order valence-corrected chi connectivity index (χ2v) is 7.87. The average molecular weight is 351 g/mol. The smallest absolute Gasteiger partial charge is 0.0309 e. The fourth-order valence-electron chi connectivity index (χ4n) is 3.73. The quantitative estimate of drug-likeness (QED) is 0.856. The maximum absolute atomic E-state index is 3.87. The van der Waals surface area contributed by atoms with E-state index in [1.807, 2.05) is 0 Å². The summed E-state index contributed by atoms with van der Waals surface area (Å²) in [4.78, 5) is 2.72. The van der Waals surface area contributed by atoms with Gasteiger partial charge in [-0.25, -0.2) is 0 Å². The molecular weight excluding hydrogens is 324 g/mol. The Morgan fingerprint density at radius 3 is 2.76 bits per heavy atom. The molecule has 2 fully saturated rings. The van der Waals surface area contributed by atoms with E-state index in [2.05, 4.69) is 64.3 Å². The van der Waals surface area contributed by atoms with Crippen LogP contribution in [0, 0.1) is 5.92 Å². The van der Waals surface area contributed by atoms with Crippen molar-refractivity contribution >= 4 is 15.9 Å². The zero-order valence-electron chi connectivity index (χ0n) is 13.2. The minimum absolute atomic E-state index is 0.325. The van der Waals surface area contributed by atoms with E-state index in [0.717, 1.165) is 19.0 Å². The van der Waals surface area contributed by atoms with E-state index in [-0.39, 0.29) is 0 Å². The third kappa shape index (κ3) is 3.52. The number of piperazine rings is 1. The van der Waals surface area contributed by atoms with Crippen LogP contribution in [-0.4, -0.2) is 29.6 Å². The van der Waals surface area contributed by atoms with Gasteiger partial charge in [0.25, 0.3) is 0 Å². The van der Waals surface area contributed by atoms with Crippen LogP contribution in [0.2, 0.25) is 0 Å². The SMILES string of the molecule is CCCC1CNC(C)(C2CC2)CN1Cc1ccccc1Br. The molecule has 2 unspecified atom stereocenters. The van der Waals surface area contributed by atoms with E-state index in [1.165, 1.54) is 42.3 Å². The molecule has 2 nitrogen and oxygen atoms in total. The van der Waals surface area contributed by atoms with E-state index in [4.69, 9.17) is 0 Å². The van der Waals surface area contributed by atoms with Gasteiger partial charge < -0.3 is 5.32 Å². The number of halogens is 1. The molecule has 1 saturated carbocycles. The van der Waals surface area contributed by atoms with Crippen LogP contribution < -0.4 is 5.32 Å². The lowest BCUT2D eigenvalue weighted by Gasteiger charge is -2.47. The first-order valence-electron chi connectivity index (χ1n) is 8.35. The topological polar surface area (TPSA) is 15.3 Å². The molecule has 1 aromatic rings. The Bertz CT molecular complexity index is 486. The van der Waals surface area contributed by atoms with Crippen molar-refractivity contribution in [1.29, 1.82) is 0 Å². The van der Waals surface area contributed by atoms with Crippen molar-refractivity contribution in [3.8, 4) is 0 Å². The fraction of sp³-hybridized carbons (Fsp3) is 0.667. The maximum Gasteiger partial charge on any atom is 0.0309 e. The van der Waals surface area contributed by atoms with Crippen LogP contribution in [0.15, 0.2) is 28.7 Å². The molecule has 2 atom stereocenters. The molecule has 2 aliphatic rings. The predicted octanol–water partition coefficient (Wildman–Crippen LogP) is 4.19. The van der Waals surface area contributed by atoms with Gasteiger partial charge in [-0.3, -0.25) is 4.90 Å². The second kappa shape index (κ2) is 6.39. The lowest BCUT2D eigenvalue weighted by atomic mass is 9.89. The Morgan fingerprint density at radius 2 is 2.10 bits per heavy atom. The first kappa shape index (κ1) is 15.5. The Hall–Kier alpha value is -0.380. The molecule has 116 valence electrons. The van der Waals surface area contributed by atoms with Gasteiger partial charge in [-0.2, -0.15) is 0 Å². The minimum atomic E-state index is 0.325. The first-order valence-corrected chi connectivity index (χ1v) is 9.14. The zero-order valence-corrected chi connectivity index (χ0v) is 14.8. The number of nitrogens with one attached hydrogen (secondary N) is 1. The number of benzene rings is 1. The van der Waals surface area contributed by atoms with Crippen LogP contribution >= 0.6 is 15.9 Å². The molecule has 21 heavy (non-hydrogen) atoms. The second-order valence-electron chi connectivity index (χ2n) is 7.01. The summed E-state index contributed by atoms with van der Waals surface area (Å²) < 4.78 is 1.24. The summed E-state index contributed by atoms with van der Waals surface area (Å²) in [6.45, 7) is 8.12. The standard InChI is InChI=1S/C18H27BrN2/c1-3-6-16-11-20-18(2,15-9-10-15)13-21(16)12-14-7-4-5-8-17(14)19/h4-5,7-8,15-16,20H,3,6,9-13H2,1-2H3. The molecule has 0 bridgehead atoms. The first-order chi connectivity index (χ1) is 10.1. The monoisotopic (exact) mass is 350 g/mol. The van der Waals surface area contributed by atoms with E-state index in [1.54, 1.807) is 0 Å². The summed E-state index contributed by atoms with van der Waals surface area (Å²) >= 11 is 3.71. The normalized spacial score (nSPS) is 30.5. The van der Waals surface area contributed by atoms with Crippen LogP contribution in [0.3, 0.4) is 0 Å². The Kier molecular flexibility index (Phi) is 4.72. The Labute approximate surface area is 137 Å². The molecule has 0 spiro atoms. The number of hydrogen-bond donors (Lipinski definition) is 1. The Balaban J connectivity index is 1.75. The van der Waals surface area contributed by atoms with Crippen LogP contribution in [0.1, 0.15) is 45.1 Å². The van der Waals surface area contributed by atoms with Crippen molar-refractivity contribution < 1.29 is 0 Å². The predicted molar refractivity (Wildman–Crippen MR) is 92.4 cm³/mol. The maximum atomic E-state index is 3.87. The van der Waals surface area contributed by atoms with Crippen molar-refractivity contribution in [2.45, 2.75) is 57.7 Å². The molecule has 1 aromatic carbocycles. The molecule has 1 heterocycles. The summed E-state index contributed by atoms with van der Waals surface area (Å²) in [6, 6.07) is 9.34. The van der Waals surface area contributed by atoms with E-state index >= 15 is 0 Å². The number of hydrogen-bond acceptors (Lipinski definition) is 2. The highest BCUT2D eigenvalue weighted by Crippen LogP contribution is 2.42. The summed E-state index contributed by atoms with van der Waals surface area (Å²) in [6.07, 6.45) is 5.37. The molecule has 0 amide bonds. The lowest BCUT2D eigenvalue weighted by molar-refractivity contribution is 0.0637. The summed E-state index contributed by atoms with van der Waals surface area (Å²) in [5.41, 5.74) is 1.74. The molecular formula is C18H27BrN2. The van der Waals surface area contributed by atoms with Crippen molar-refractivity contribution in [1.82, 2.24) is 10.2 Å². The number of nitrogens with zero attached hydrogens (tertiary/aromatic N) is 1. The van der Waals surface area contributed by atoms with Crippen LogP contribution in [-0.2, 0) is 6.54 Å². The highest BCUT2D eigenvalue weighted by Gasteiger charge is 2.45. The van der Waals surface area contributed by atoms with E-state index in [9.17, 15) is 0 Å². The van der Waals surface area contributed by atoms with Gasteiger partial charge in [0.15, 0.2) is 0 Å². The summed E-state index contributed by atoms with van der Waals surface area (Å²) in [5, 5.41) is 3.87. The largest absolute Gasteiger partial charge is 0.308 e. The molecule has 1 aliphatic heterocycles. The van der Waals surface area contributed by atoms with Gasteiger partial charge in [0.1, 0.15) is 0 Å². The van der Waals surface area contributed by atoms with Gasteiger partial charge in [-0.1, -0.05) is 47.5 Å². The molecule has 3 heteroatoms. The van der Waals surface area contributed by atoms with Crippen LogP contribution in [0.4, 0.5) is 0 Å². The van der Waals surface area contributed by atoms with E-state index < -0.39 is 0 Å². The highest BCUT2D eigenvalue weighted by atomic mass is 79.9. The fourth-order valence-corrected chi connectivity index (χ4v) is 4.14. The van der Waals surface area contributed by atoms with E-state index in [0.29, 0.717) is 11.6 Å². The summed E-state index contributed by atoms with van der Waals surface area (Å²) in [5.74, 6) is 0.891. The van der Waals surface area contributed by atoms with Gasteiger partial charge in [-0.05, 0) is 43.7 Å². The molecule has 0 radical (unpaired) electrons. The van der Waals surface area contributed by atoms with Gasteiger partial charge in [0.05, 0.1) is 0 Å². The van der Waals surface area contributed by atoms with Crippen molar-refractivity contribution in [2.75, 3.05) is 13.1 Å².